The van der Waals surface area contributed by atoms with E-state index in [2.05, 4.69) is 15.9 Å². The Morgan fingerprint density at radius 2 is 2.03 bits per heavy atom. The summed E-state index contributed by atoms with van der Waals surface area (Å²) in [6, 6.07) is 14.4. The van der Waals surface area contributed by atoms with Crippen molar-refractivity contribution in [2.45, 2.75) is 19.4 Å². The number of hydrazone groups is 1. The first-order valence-corrected chi connectivity index (χ1v) is 10.5. The lowest BCUT2D eigenvalue weighted by molar-refractivity contribution is -0.129. The maximum absolute atomic E-state index is 13.4. The third kappa shape index (κ3) is 3.76. The predicted molar refractivity (Wildman–Crippen MR) is 115 cm³/mol. The number of carbonyl (C=O) groups excluding carboxylic acids is 2. The van der Waals surface area contributed by atoms with E-state index in [-0.39, 0.29) is 25.0 Å². The number of hydrogen-bond donors (Lipinski definition) is 0. The number of benzene rings is 2. The van der Waals surface area contributed by atoms with Crippen molar-refractivity contribution in [2.24, 2.45) is 11.0 Å². The molecule has 0 radical (unpaired) electrons. The summed E-state index contributed by atoms with van der Waals surface area (Å²) in [5.74, 6) is -0.499. The number of cyclic esters (lactones) is 1. The van der Waals surface area contributed by atoms with Crippen LogP contribution in [-0.4, -0.2) is 41.8 Å². The monoisotopic (exact) mass is 475 g/mol. The van der Waals surface area contributed by atoms with Crippen molar-refractivity contribution in [2.75, 3.05) is 18.2 Å². The Balaban J connectivity index is 1.79. The molecule has 29 heavy (non-hydrogen) atoms. The number of hydrogen-bond acceptors (Lipinski definition) is 5. The minimum Gasteiger partial charge on any atom is -0.447 e. The predicted octanol–water partition coefficient (Wildman–Crippen LogP) is 4.70. The van der Waals surface area contributed by atoms with Crippen LogP contribution in [0.15, 0.2) is 58.1 Å². The molecule has 2 aliphatic heterocycles. The molecule has 2 aromatic rings. The van der Waals surface area contributed by atoms with Crippen LogP contribution < -0.4 is 5.01 Å². The van der Waals surface area contributed by atoms with Gasteiger partial charge in [0.2, 0.25) is 0 Å². The highest BCUT2D eigenvalue weighted by Crippen LogP contribution is 2.35. The molecule has 4 rings (SSSR count). The molecule has 150 valence electrons. The van der Waals surface area contributed by atoms with E-state index < -0.39 is 12.1 Å². The van der Waals surface area contributed by atoms with E-state index in [0.717, 1.165) is 21.4 Å². The molecule has 0 N–H and O–H groups in total. The summed E-state index contributed by atoms with van der Waals surface area (Å²) in [6.07, 6.45) is 0.0781. The lowest BCUT2D eigenvalue weighted by atomic mass is 9.88. The lowest BCUT2D eigenvalue weighted by Crippen LogP contribution is -2.49. The highest BCUT2D eigenvalue weighted by molar-refractivity contribution is 9.10. The molecule has 6 nitrogen and oxygen atoms in total. The Hall–Kier alpha value is -2.38. The van der Waals surface area contributed by atoms with Crippen molar-refractivity contribution in [3.05, 3.63) is 63.6 Å². The second kappa shape index (κ2) is 8.16. The smallest absolute Gasteiger partial charge is 0.416 e. The first-order chi connectivity index (χ1) is 14.0. The number of ether oxygens (including phenoxy) is 1. The minimum absolute atomic E-state index is 0.196. The van der Waals surface area contributed by atoms with E-state index in [9.17, 15) is 9.59 Å². The molecule has 0 aromatic heterocycles. The zero-order valence-corrected chi connectivity index (χ0v) is 18.1. The van der Waals surface area contributed by atoms with Gasteiger partial charge in [-0.2, -0.15) is 5.10 Å². The van der Waals surface area contributed by atoms with Crippen molar-refractivity contribution < 1.29 is 14.3 Å². The van der Waals surface area contributed by atoms with Crippen molar-refractivity contribution >= 4 is 50.9 Å². The molecule has 0 bridgehead atoms. The Morgan fingerprint density at radius 1 is 1.28 bits per heavy atom. The standard InChI is InChI=1S/C21H19BrClN3O3/c1-2-17-18(13-4-3-5-15(23)12-13)24-26(16-8-6-14(22)7-9-16)19(17)20(27)25-10-11-29-21(25)28/h3-9,12,17,19H,2,10-11H2,1H3/t17-,19-/m0/s1. The van der Waals surface area contributed by atoms with Gasteiger partial charge in [0.1, 0.15) is 12.6 Å². The van der Waals surface area contributed by atoms with Crippen LogP contribution in [0.3, 0.4) is 0 Å². The molecule has 1 saturated heterocycles. The molecule has 2 aromatic carbocycles. The van der Waals surface area contributed by atoms with E-state index in [0.29, 0.717) is 11.4 Å². The van der Waals surface area contributed by atoms with Gasteiger partial charge >= 0.3 is 6.09 Å². The largest absolute Gasteiger partial charge is 0.447 e. The van der Waals surface area contributed by atoms with Crippen molar-refractivity contribution in [1.29, 1.82) is 0 Å². The maximum Gasteiger partial charge on any atom is 0.416 e. The number of anilines is 1. The quantitative estimate of drug-likeness (QED) is 0.642. The number of halogens is 2. The Kier molecular flexibility index (Phi) is 5.61. The number of amides is 2. The van der Waals surface area contributed by atoms with Gasteiger partial charge in [0.05, 0.1) is 17.9 Å². The summed E-state index contributed by atoms with van der Waals surface area (Å²) in [5.41, 5.74) is 2.42. The third-order valence-electron chi connectivity index (χ3n) is 5.14. The first-order valence-electron chi connectivity index (χ1n) is 9.37. The fraction of sp³-hybridized carbons (Fsp3) is 0.286. The highest BCUT2D eigenvalue weighted by atomic mass is 79.9. The summed E-state index contributed by atoms with van der Waals surface area (Å²) in [7, 11) is 0. The average molecular weight is 477 g/mol. The van der Waals surface area contributed by atoms with Crippen molar-refractivity contribution in [3.8, 4) is 0 Å². The van der Waals surface area contributed by atoms with Crippen LogP contribution in [0.4, 0.5) is 10.5 Å². The molecule has 8 heteroatoms. The molecule has 2 heterocycles. The van der Waals surface area contributed by atoms with Gasteiger partial charge in [0, 0.05) is 15.4 Å². The number of imide groups is 1. The van der Waals surface area contributed by atoms with E-state index in [1.54, 1.807) is 11.1 Å². The van der Waals surface area contributed by atoms with E-state index in [1.807, 2.05) is 49.4 Å². The molecule has 2 aliphatic rings. The maximum atomic E-state index is 13.4. The van der Waals surface area contributed by atoms with Crippen LogP contribution in [0, 0.1) is 5.92 Å². The molecule has 0 unspecified atom stereocenters. The Bertz CT molecular complexity index is 979. The fourth-order valence-electron chi connectivity index (χ4n) is 3.75. The van der Waals surface area contributed by atoms with Gasteiger partial charge in [0.15, 0.2) is 0 Å². The zero-order chi connectivity index (χ0) is 20.5. The van der Waals surface area contributed by atoms with E-state index >= 15 is 0 Å². The summed E-state index contributed by atoms with van der Waals surface area (Å²) in [5, 5.41) is 7.14. The van der Waals surface area contributed by atoms with Crippen molar-refractivity contribution in [1.82, 2.24) is 4.90 Å². The fourth-order valence-corrected chi connectivity index (χ4v) is 4.21. The van der Waals surface area contributed by atoms with Crippen LogP contribution in [0.1, 0.15) is 18.9 Å². The number of carbonyl (C=O) groups is 2. The van der Waals surface area contributed by atoms with Gasteiger partial charge < -0.3 is 4.74 Å². The summed E-state index contributed by atoms with van der Waals surface area (Å²) in [6.45, 7) is 2.48. The van der Waals surface area contributed by atoms with Gasteiger partial charge in [-0.15, -0.1) is 0 Å². The summed E-state index contributed by atoms with van der Waals surface area (Å²) in [4.78, 5) is 26.6. The van der Waals surface area contributed by atoms with Gasteiger partial charge in [-0.25, -0.2) is 9.69 Å². The summed E-state index contributed by atoms with van der Waals surface area (Å²) < 4.78 is 5.91. The normalized spacial score (nSPS) is 21.3. The van der Waals surface area contributed by atoms with E-state index in [1.165, 1.54) is 4.90 Å². The SMILES string of the molecule is CC[C@H]1C(c2cccc(Cl)c2)=NN(c2ccc(Br)cc2)[C@@H]1C(=O)N1CCOC1=O. The molecule has 0 saturated carbocycles. The third-order valence-corrected chi connectivity index (χ3v) is 5.91. The highest BCUT2D eigenvalue weighted by Gasteiger charge is 2.46. The molecule has 0 spiro atoms. The van der Waals surface area contributed by atoms with Crippen LogP contribution in [0.5, 0.6) is 0 Å². The summed E-state index contributed by atoms with van der Waals surface area (Å²) >= 11 is 9.63. The minimum atomic E-state index is -0.638. The second-order valence-electron chi connectivity index (χ2n) is 6.88. The van der Waals surface area contributed by atoms with E-state index in [4.69, 9.17) is 21.4 Å². The van der Waals surface area contributed by atoms with Gasteiger partial charge in [0.25, 0.3) is 5.91 Å². The van der Waals surface area contributed by atoms with Crippen LogP contribution in [0.2, 0.25) is 5.02 Å². The Morgan fingerprint density at radius 3 is 2.66 bits per heavy atom. The van der Waals surface area contributed by atoms with Crippen molar-refractivity contribution in [3.63, 3.8) is 0 Å². The number of nitrogens with zero attached hydrogens (tertiary/aromatic N) is 3. The number of rotatable bonds is 4. The van der Waals surface area contributed by atoms with Crippen LogP contribution in [-0.2, 0) is 9.53 Å². The molecule has 0 aliphatic carbocycles. The zero-order valence-electron chi connectivity index (χ0n) is 15.7. The second-order valence-corrected chi connectivity index (χ2v) is 8.23. The topological polar surface area (TPSA) is 62.2 Å². The molecular weight excluding hydrogens is 458 g/mol. The Labute approximate surface area is 182 Å². The van der Waals surface area contributed by atoms with Gasteiger partial charge in [-0.05, 0) is 48.4 Å². The average Bonchev–Trinajstić information content (AvgIpc) is 3.31. The van der Waals surface area contributed by atoms with Crippen LogP contribution >= 0.6 is 27.5 Å². The molecule has 1 fully saturated rings. The molecule has 2 amide bonds. The molecular formula is C21H19BrClN3O3. The van der Waals surface area contributed by atoms with Crippen LogP contribution in [0.25, 0.3) is 0 Å². The molecule has 2 atom stereocenters. The lowest BCUT2D eigenvalue weighted by Gasteiger charge is -2.28. The van der Waals surface area contributed by atoms with Gasteiger partial charge in [-0.3, -0.25) is 9.80 Å². The van der Waals surface area contributed by atoms with Gasteiger partial charge in [-0.1, -0.05) is 46.6 Å². The first kappa shape index (κ1) is 19.9.